The number of nitrogens with one attached hydrogen (secondary N) is 1. The summed E-state index contributed by atoms with van der Waals surface area (Å²) in [4.78, 5) is 0. The second kappa shape index (κ2) is 10.8. The number of aryl methyl sites for hydroxylation is 1. The summed E-state index contributed by atoms with van der Waals surface area (Å²) in [5.41, 5.74) is 10.9. The lowest BCUT2D eigenvalue weighted by Gasteiger charge is -2.18. The lowest BCUT2D eigenvalue weighted by molar-refractivity contribution is 0.881. The summed E-state index contributed by atoms with van der Waals surface area (Å²) in [6.07, 6.45) is 0. The first kappa shape index (κ1) is 28.2. The highest BCUT2D eigenvalue weighted by Gasteiger charge is 2.21. The Balaban J connectivity index is 1.25. The van der Waals surface area contributed by atoms with E-state index >= 15 is 0 Å². The van der Waals surface area contributed by atoms with Crippen LogP contribution in [0.25, 0.3) is 75.2 Å². The van der Waals surface area contributed by atoms with Crippen LogP contribution in [0, 0.1) is 6.92 Å². The fraction of sp³-hybridized carbons (Fsp3) is 0.0667. The van der Waals surface area contributed by atoms with E-state index in [0.717, 1.165) is 0 Å². The number of rotatable bonds is 5. The van der Waals surface area contributed by atoms with Gasteiger partial charge in [-0.2, -0.15) is 0 Å². The molecule has 0 aliphatic rings. The molecule has 1 N–H and O–H groups in total. The van der Waals surface area contributed by atoms with E-state index in [1.54, 1.807) is 0 Å². The smallest absolute Gasteiger partial charge is 0.0555 e. The summed E-state index contributed by atoms with van der Waals surface area (Å²) in [6.45, 7) is 4.39. The Morgan fingerprint density at radius 2 is 1.16 bits per heavy atom. The molecule has 0 fully saturated rings. The molecule has 0 saturated carbocycles. The molecule has 0 radical (unpaired) electrons. The topological polar surface area (TPSA) is 21.9 Å². The molecule has 1 atom stereocenters. The highest BCUT2D eigenvalue weighted by molar-refractivity contribution is 7.26. The van der Waals surface area contributed by atoms with E-state index < -0.39 is 0 Å². The van der Waals surface area contributed by atoms with Crippen molar-refractivity contribution in [3.8, 4) is 11.4 Å². The van der Waals surface area contributed by atoms with Crippen LogP contribution >= 0.6 is 11.3 Å². The van der Waals surface area contributed by atoms with Gasteiger partial charge in [-0.15, -0.1) is 11.3 Å². The van der Waals surface area contributed by atoms with Gasteiger partial charge in [0.25, 0.3) is 0 Å². The fourth-order valence-corrected chi connectivity index (χ4v) is 9.10. The zero-order valence-corrected chi connectivity index (χ0v) is 28.1. The number of aromatic nitrogens is 2. The Labute approximate surface area is 288 Å². The number of thiophene rings is 1. The van der Waals surface area contributed by atoms with Gasteiger partial charge in [-0.25, -0.2) is 0 Å². The summed E-state index contributed by atoms with van der Waals surface area (Å²) < 4.78 is 7.57. The van der Waals surface area contributed by atoms with Crippen LogP contribution in [0.1, 0.15) is 24.1 Å². The van der Waals surface area contributed by atoms with Crippen LogP contribution in [-0.4, -0.2) is 9.13 Å². The third kappa shape index (κ3) is 4.27. The normalized spacial score (nSPS) is 12.6. The summed E-state index contributed by atoms with van der Waals surface area (Å²) in [5, 5.41) is 11.5. The number of anilines is 1. The number of hydrogen-bond acceptors (Lipinski definition) is 2. The standard InChI is InChI=1S/C45H33N3S/c1-28-12-6-9-17-38(28)46-29(2)30-20-22-32(23-21-30)48-40-25-24-35-34-16-8-11-19-43(34)49-45(35)44(40)37-27-41-36(26-42(37)48)33-15-7-10-18-39(33)47(41)31-13-4-3-5-14-31/h3-27,29,46H,1-2H3. The Bertz CT molecular complexity index is 2870. The van der Waals surface area contributed by atoms with E-state index in [1.807, 2.05) is 11.3 Å². The average molecular weight is 648 g/mol. The number of fused-ring (bicyclic) bond motifs is 10. The molecule has 49 heavy (non-hydrogen) atoms. The highest BCUT2D eigenvalue weighted by atomic mass is 32.1. The molecule has 0 spiro atoms. The van der Waals surface area contributed by atoms with Crippen LogP contribution in [-0.2, 0) is 0 Å². The predicted molar refractivity (Wildman–Crippen MR) is 211 cm³/mol. The van der Waals surface area contributed by atoms with Gasteiger partial charge in [0.05, 0.1) is 22.1 Å². The van der Waals surface area contributed by atoms with Crippen molar-refractivity contribution in [3.63, 3.8) is 0 Å². The zero-order chi connectivity index (χ0) is 32.6. The van der Waals surface area contributed by atoms with Crippen LogP contribution in [0.5, 0.6) is 0 Å². The molecule has 1 unspecified atom stereocenters. The fourth-order valence-electron chi connectivity index (χ4n) is 7.84. The first-order valence-corrected chi connectivity index (χ1v) is 17.8. The molecule has 3 heterocycles. The van der Waals surface area contributed by atoms with Crippen molar-refractivity contribution >= 4 is 80.8 Å². The van der Waals surface area contributed by atoms with Gasteiger partial charge in [0.15, 0.2) is 0 Å². The second-order valence-electron chi connectivity index (χ2n) is 13.1. The van der Waals surface area contributed by atoms with E-state index in [4.69, 9.17) is 0 Å². The Morgan fingerprint density at radius 1 is 0.510 bits per heavy atom. The lowest BCUT2D eigenvalue weighted by atomic mass is 10.1. The minimum absolute atomic E-state index is 0.176. The number of benzene rings is 7. The number of nitrogens with zero attached hydrogens (tertiary/aromatic N) is 2. The van der Waals surface area contributed by atoms with Gasteiger partial charge in [-0.1, -0.05) is 91.0 Å². The second-order valence-corrected chi connectivity index (χ2v) is 14.2. The van der Waals surface area contributed by atoms with Gasteiger partial charge in [0, 0.05) is 64.8 Å². The third-order valence-electron chi connectivity index (χ3n) is 10.2. The molecular formula is C45H33N3S. The molecule has 3 nitrogen and oxygen atoms in total. The van der Waals surface area contributed by atoms with Crippen LogP contribution in [0.15, 0.2) is 152 Å². The molecule has 0 saturated heterocycles. The predicted octanol–water partition coefficient (Wildman–Crippen LogP) is 12.7. The van der Waals surface area contributed by atoms with Gasteiger partial charge in [-0.3, -0.25) is 0 Å². The molecule has 0 aliphatic carbocycles. The molecule has 0 aliphatic heterocycles. The Kier molecular flexibility index (Phi) is 6.24. The van der Waals surface area contributed by atoms with E-state index in [0.29, 0.717) is 0 Å². The first-order valence-electron chi connectivity index (χ1n) is 16.9. The summed E-state index contributed by atoms with van der Waals surface area (Å²) in [5.74, 6) is 0. The monoisotopic (exact) mass is 647 g/mol. The molecule has 0 bridgehead atoms. The van der Waals surface area contributed by atoms with Crippen molar-refractivity contribution in [2.75, 3.05) is 5.32 Å². The quantitative estimate of drug-likeness (QED) is 0.197. The van der Waals surface area contributed by atoms with Gasteiger partial charge < -0.3 is 14.5 Å². The van der Waals surface area contributed by atoms with Crippen molar-refractivity contribution in [1.82, 2.24) is 9.13 Å². The van der Waals surface area contributed by atoms with Crippen molar-refractivity contribution < 1.29 is 0 Å². The molecule has 3 aromatic heterocycles. The highest BCUT2D eigenvalue weighted by Crippen LogP contribution is 2.45. The zero-order valence-electron chi connectivity index (χ0n) is 27.3. The third-order valence-corrected chi connectivity index (χ3v) is 11.5. The van der Waals surface area contributed by atoms with Gasteiger partial charge in [-0.05, 0) is 85.6 Å². The van der Waals surface area contributed by atoms with E-state index in [-0.39, 0.29) is 6.04 Å². The Hall–Kier alpha value is -5.84. The molecule has 7 aromatic carbocycles. The number of hydrogen-bond donors (Lipinski definition) is 1. The largest absolute Gasteiger partial charge is 0.378 e. The van der Waals surface area contributed by atoms with E-state index in [9.17, 15) is 0 Å². The van der Waals surface area contributed by atoms with Crippen LogP contribution in [0.4, 0.5) is 5.69 Å². The molecule has 0 amide bonds. The Morgan fingerprint density at radius 3 is 2.00 bits per heavy atom. The molecule has 10 rings (SSSR count). The number of para-hydroxylation sites is 3. The van der Waals surface area contributed by atoms with Gasteiger partial charge in [0.1, 0.15) is 0 Å². The van der Waals surface area contributed by atoms with Crippen LogP contribution in [0.3, 0.4) is 0 Å². The van der Waals surface area contributed by atoms with Crippen molar-refractivity contribution in [2.24, 2.45) is 0 Å². The molecule has 10 aromatic rings. The molecule has 234 valence electrons. The maximum absolute atomic E-state index is 3.72. The van der Waals surface area contributed by atoms with E-state index in [2.05, 4.69) is 180 Å². The average Bonchev–Trinajstić information content (AvgIpc) is 3.79. The maximum atomic E-state index is 3.72. The summed E-state index contributed by atoms with van der Waals surface area (Å²) in [6, 6.07) is 55.7. The van der Waals surface area contributed by atoms with Crippen molar-refractivity contribution in [3.05, 3.63) is 163 Å². The SMILES string of the molecule is Cc1ccccc1NC(C)c1ccc(-n2c3cc4c5ccccc5n(-c5ccccc5)c4cc3c3c4sc5ccccc5c4ccc32)cc1. The van der Waals surface area contributed by atoms with Crippen LogP contribution < -0.4 is 5.32 Å². The first-order chi connectivity index (χ1) is 24.1. The molecular weight excluding hydrogens is 615 g/mol. The van der Waals surface area contributed by atoms with Crippen molar-refractivity contribution in [2.45, 2.75) is 19.9 Å². The summed E-state index contributed by atoms with van der Waals surface area (Å²) >= 11 is 1.91. The van der Waals surface area contributed by atoms with E-state index in [1.165, 1.54) is 92.0 Å². The maximum Gasteiger partial charge on any atom is 0.0555 e. The minimum Gasteiger partial charge on any atom is -0.378 e. The molecule has 4 heteroatoms. The van der Waals surface area contributed by atoms with Gasteiger partial charge >= 0.3 is 0 Å². The summed E-state index contributed by atoms with van der Waals surface area (Å²) in [7, 11) is 0. The van der Waals surface area contributed by atoms with Crippen molar-refractivity contribution in [1.29, 1.82) is 0 Å². The van der Waals surface area contributed by atoms with Crippen LogP contribution in [0.2, 0.25) is 0 Å². The minimum atomic E-state index is 0.176. The van der Waals surface area contributed by atoms with Gasteiger partial charge in [0.2, 0.25) is 0 Å². The lowest BCUT2D eigenvalue weighted by Crippen LogP contribution is -2.07.